The number of hydrogen-bond acceptors (Lipinski definition) is 4. The topological polar surface area (TPSA) is 121 Å². The molecule has 0 saturated carbocycles. The van der Waals surface area contributed by atoms with Gasteiger partial charge >= 0.3 is 0 Å². The Bertz CT molecular complexity index is 1050. The molecule has 2 amide bonds. The number of hydrogen-bond donors (Lipinski definition) is 4. The van der Waals surface area contributed by atoms with Crippen molar-refractivity contribution in [2.75, 3.05) is 10.6 Å². The normalized spacial score (nSPS) is 10.2. The van der Waals surface area contributed by atoms with Crippen LogP contribution in [0.1, 0.15) is 31.8 Å². The maximum Gasteiger partial charge on any atom is 0.258 e. The van der Waals surface area contributed by atoms with Gasteiger partial charge in [0.05, 0.1) is 11.3 Å². The second-order valence-corrected chi connectivity index (χ2v) is 6.89. The monoisotopic (exact) mass is 499 g/mol. The van der Waals surface area contributed by atoms with Crippen LogP contribution >= 0.6 is 22.6 Å². The lowest BCUT2D eigenvalue weighted by atomic mass is 10.1. The summed E-state index contributed by atoms with van der Waals surface area (Å²) in [6.45, 7) is 0. The molecule has 146 valence electrons. The molecule has 3 rings (SSSR count). The second kappa shape index (κ2) is 9.28. The lowest BCUT2D eigenvalue weighted by Crippen LogP contribution is -2.19. The van der Waals surface area contributed by atoms with Crippen molar-refractivity contribution in [2.24, 2.45) is 5.73 Å². The number of benzene rings is 2. The van der Waals surface area contributed by atoms with E-state index >= 15 is 0 Å². The number of pyridine rings is 1. The van der Waals surface area contributed by atoms with Crippen LogP contribution in [-0.2, 0) is 4.43 Å². The molecule has 3 aromatic rings. The molecule has 0 aliphatic rings. The summed E-state index contributed by atoms with van der Waals surface area (Å²) in [5, 5.41) is 12.9. The van der Waals surface area contributed by atoms with Crippen molar-refractivity contribution in [3.05, 3.63) is 89.1 Å². The fraction of sp³-hybridized carbons (Fsp3) is 0.0476. The number of carbonyl (C=O) groups excluding carboxylic acids is 2. The Hall–Kier alpha value is -3.27. The van der Waals surface area contributed by atoms with E-state index < -0.39 is 0 Å². The smallest absolute Gasteiger partial charge is 0.258 e. The lowest BCUT2D eigenvalue weighted by molar-refractivity contribution is 0.102. The van der Waals surface area contributed by atoms with Gasteiger partial charge in [0.15, 0.2) is 0 Å². The van der Waals surface area contributed by atoms with Crippen molar-refractivity contribution >= 4 is 51.7 Å². The molecule has 1 heterocycles. The van der Waals surface area contributed by atoms with Gasteiger partial charge in [0.2, 0.25) is 0 Å². The Morgan fingerprint density at radius 3 is 2.24 bits per heavy atom. The van der Waals surface area contributed by atoms with Gasteiger partial charge in [0.1, 0.15) is 11.7 Å². The van der Waals surface area contributed by atoms with Crippen molar-refractivity contribution in [1.82, 2.24) is 4.98 Å². The van der Waals surface area contributed by atoms with Crippen LogP contribution in [0, 0.1) is 5.41 Å². The predicted molar refractivity (Wildman–Crippen MR) is 122 cm³/mol. The fourth-order valence-electron chi connectivity index (χ4n) is 2.55. The van der Waals surface area contributed by atoms with E-state index in [4.69, 9.17) is 11.1 Å². The van der Waals surface area contributed by atoms with Gasteiger partial charge in [-0.15, -0.1) is 0 Å². The molecule has 5 N–H and O–H groups in total. The van der Waals surface area contributed by atoms with Gasteiger partial charge in [0, 0.05) is 21.8 Å². The zero-order valence-corrected chi connectivity index (χ0v) is 17.4. The zero-order valence-electron chi connectivity index (χ0n) is 15.3. The van der Waals surface area contributed by atoms with Gasteiger partial charge in [-0.25, -0.2) is 4.98 Å². The molecule has 1 aromatic heterocycles. The predicted octanol–water partition coefficient (Wildman–Crippen LogP) is 3.81. The highest BCUT2D eigenvalue weighted by Crippen LogP contribution is 2.18. The zero-order chi connectivity index (χ0) is 20.8. The average Bonchev–Trinajstić information content (AvgIpc) is 2.74. The number of para-hydroxylation sites is 1. The van der Waals surface area contributed by atoms with Crippen molar-refractivity contribution in [3.8, 4) is 0 Å². The van der Waals surface area contributed by atoms with E-state index in [2.05, 4.69) is 38.2 Å². The first-order valence-electron chi connectivity index (χ1n) is 8.65. The number of nitrogens with two attached hydrogens (primary N) is 1. The Kier molecular flexibility index (Phi) is 6.55. The number of rotatable bonds is 6. The molecule has 29 heavy (non-hydrogen) atoms. The van der Waals surface area contributed by atoms with Crippen LogP contribution in [0.4, 0.5) is 11.5 Å². The number of alkyl halides is 1. The van der Waals surface area contributed by atoms with E-state index in [1.54, 1.807) is 60.8 Å². The molecule has 0 atom stereocenters. The molecule has 2 aromatic carbocycles. The number of nitrogens with one attached hydrogen (secondary N) is 3. The van der Waals surface area contributed by atoms with Crippen LogP contribution in [0.2, 0.25) is 0 Å². The number of anilines is 2. The minimum atomic E-state index is -0.373. The van der Waals surface area contributed by atoms with Gasteiger partial charge in [-0.2, -0.15) is 0 Å². The molecule has 0 fully saturated rings. The molecule has 7 nitrogen and oxygen atoms in total. The number of aromatic nitrogens is 1. The molecule has 0 aliphatic heterocycles. The SMILES string of the molecule is N=C(N)c1ccc(C(=O)Nc2ccccc2C(=O)Nc2ccc(CI)cn2)cc1. The van der Waals surface area contributed by atoms with E-state index in [9.17, 15) is 9.59 Å². The van der Waals surface area contributed by atoms with E-state index in [0.717, 1.165) is 9.99 Å². The second-order valence-electron chi connectivity index (χ2n) is 6.13. The third-order valence-corrected chi connectivity index (χ3v) is 4.98. The number of carbonyl (C=O) groups is 2. The minimum Gasteiger partial charge on any atom is -0.384 e. The van der Waals surface area contributed by atoms with Crippen LogP contribution in [0.25, 0.3) is 0 Å². The largest absolute Gasteiger partial charge is 0.384 e. The van der Waals surface area contributed by atoms with Crippen LogP contribution in [-0.4, -0.2) is 22.6 Å². The number of nitrogens with zero attached hydrogens (tertiary/aromatic N) is 1. The van der Waals surface area contributed by atoms with Gasteiger partial charge in [-0.1, -0.05) is 52.9 Å². The number of halogens is 1. The Labute approximate surface area is 181 Å². The quantitative estimate of drug-likeness (QED) is 0.178. The first-order valence-corrected chi connectivity index (χ1v) is 10.2. The maximum atomic E-state index is 12.7. The molecule has 0 bridgehead atoms. The highest BCUT2D eigenvalue weighted by atomic mass is 127. The standard InChI is InChI=1S/C21H18IN5O2/c22-11-13-5-10-18(25-12-13)27-21(29)16-3-1-2-4-17(16)26-20(28)15-8-6-14(7-9-15)19(23)24/h1-10,12H,11H2,(H3,23,24)(H,26,28)(H,25,27,29). The molecule has 0 spiro atoms. The summed E-state index contributed by atoms with van der Waals surface area (Å²) in [6, 6.07) is 16.7. The minimum absolute atomic E-state index is 0.0703. The molecule has 8 heteroatoms. The molecule has 0 unspecified atom stereocenters. The molecular formula is C21H18IN5O2. The lowest BCUT2D eigenvalue weighted by Gasteiger charge is -2.11. The van der Waals surface area contributed by atoms with Gasteiger partial charge in [0.25, 0.3) is 11.8 Å². The van der Waals surface area contributed by atoms with Gasteiger partial charge in [-0.05, 0) is 35.9 Å². The first-order chi connectivity index (χ1) is 14.0. The fourth-order valence-corrected chi connectivity index (χ4v) is 3.00. The Morgan fingerprint density at radius 2 is 1.62 bits per heavy atom. The van der Waals surface area contributed by atoms with Crippen LogP contribution in [0.15, 0.2) is 66.9 Å². The number of amidine groups is 1. The van der Waals surface area contributed by atoms with Crippen LogP contribution in [0.3, 0.4) is 0 Å². The summed E-state index contributed by atoms with van der Waals surface area (Å²) >= 11 is 2.24. The van der Waals surface area contributed by atoms with Gasteiger partial charge < -0.3 is 16.4 Å². The summed E-state index contributed by atoms with van der Waals surface area (Å²) in [4.78, 5) is 29.5. The number of amides is 2. The van der Waals surface area contributed by atoms with E-state index in [-0.39, 0.29) is 17.6 Å². The van der Waals surface area contributed by atoms with Crippen LogP contribution < -0.4 is 16.4 Å². The van der Waals surface area contributed by atoms with Gasteiger partial charge in [-0.3, -0.25) is 15.0 Å². The summed E-state index contributed by atoms with van der Waals surface area (Å²) in [5.41, 5.74) is 8.12. The summed E-state index contributed by atoms with van der Waals surface area (Å²) < 4.78 is 0.835. The highest BCUT2D eigenvalue weighted by Gasteiger charge is 2.15. The molecule has 0 radical (unpaired) electrons. The summed E-state index contributed by atoms with van der Waals surface area (Å²) in [5.74, 6) is -0.379. The maximum absolute atomic E-state index is 12.7. The third kappa shape index (κ3) is 5.17. The van der Waals surface area contributed by atoms with Crippen molar-refractivity contribution < 1.29 is 9.59 Å². The molecular weight excluding hydrogens is 481 g/mol. The summed E-state index contributed by atoms with van der Waals surface area (Å²) in [7, 11) is 0. The van der Waals surface area contributed by atoms with Crippen molar-refractivity contribution in [3.63, 3.8) is 0 Å². The summed E-state index contributed by atoms with van der Waals surface area (Å²) in [6.07, 6.45) is 1.71. The third-order valence-electron chi connectivity index (χ3n) is 4.10. The van der Waals surface area contributed by atoms with Crippen molar-refractivity contribution in [1.29, 1.82) is 5.41 Å². The number of nitrogen functional groups attached to an aromatic ring is 1. The average molecular weight is 499 g/mol. The first kappa shape index (κ1) is 20.5. The van der Waals surface area contributed by atoms with E-state index in [1.807, 2.05) is 6.07 Å². The Morgan fingerprint density at radius 1 is 0.931 bits per heavy atom. The van der Waals surface area contributed by atoms with Crippen molar-refractivity contribution in [2.45, 2.75) is 4.43 Å². The van der Waals surface area contributed by atoms with E-state index in [1.165, 1.54) is 0 Å². The Balaban J connectivity index is 1.76. The molecule has 0 saturated heterocycles. The molecule has 0 aliphatic carbocycles. The van der Waals surface area contributed by atoms with Crippen LogP contribution in [0.5, 0.6) is 0 Å². The highest BCUT2D eigenvalue weighted by molar-refractivity contribution is 14.1. The van der Waals surface area contributed by atoms with E-state index in [0.29, 0.717) is 28.2 Å².